The monoisotopic (exact) mass is 802 g/mol. The number of hydrogen-bond donors (Lipinski definition) is 6. The van der Waals surface area contributed by atoms with E-state index in [2.05, 4.69) is 57.0 Å². The Hall–Kier alpha value is -5.53. The Kier molecular flexibility index (Phi) is 15.7. The minimum absolute atomic E-state index is 0.0281. The number of phenolic OH excluding ortho intramolecular Hbond substituents is 1. The molecule has 0 saturated carbocycles. The Bertz CT molecular complexity index is 2190. The molecule has 0 spiro atoms. The third-order valence-corrected chi connectivity index (χ3v) is 11.0. The van der Waals surface area contributed by atoms with E-state index >= 15 is 0 Å². The molecule has 0 aliphatic carbocycles. The van der Waals surface area contributed by atoms with Crippen molar-refractivity contribution < 1.29 is 24.5 Å². The average molecular weight is 803 g/mol. The number of aromatic hydroxyl groups is 1. The van der Waals surface area contributed by atoms with E-state index in [9.17, 15) is 24.6 Å². The van der Waals surface area contributed by atoms with Crippen LogP contribution in [-0.4, -0.2) is 102 Å². The van der Waals surface area contributed by atoms with Crippen molar-refractivity contribution in [2.24, 2.45) is 0 Å². The number of amides is 2. The van der Waals surface area contributed by atoms with Crippen molar-refractivity contribution in [1.29, 1.82) is 0 Å². The molecule has 312 valence electrons. The van der Waals surface area contributed by atoms with Crippen molar-refractivity contribution in [3.63, 3.8) is 0 Å². The Labute approximate surface area is 346 Å². The second-order valence-corrected chi connectivity index (χ2v) is 15.5. The second kappa shape index (κ2) is 21.5. The fourth-order valence-corrected chi connectivity index (χ4v) is 7.68. The molecule has 5 aromatic rings. The first-order chi connectivity index (χ1) is 28.6. The van der Waals surface area contributed by atoms with Crippen LogP contribution in [0, 0.1) is 0 Å². The topological polar surface area (TPSA) is 159 Å². The van der Waals surface area contributed by atoms with Crippen LogP contribution in [-0.2, 0) is 22.4 Å². The summed E-state index contributed by atoms with van der Waals surface area (Å²) in [5, 5.41) is 31.6. The first-order valence-corrected chi connectivity index (χ1v) is 20.8. The molecule has 0 unspecified atom stereocenters. The van der Waals surface area contributed by atoms with Gasteiger partial charge >= 0.3 is 6.09 Å². The van der Waals surface area contributed by atoms with Gasteiger partial charge < -0.3 is 40.4 Å². The Morgan fingerprint density at radius 2 is 1.69 bits per heavy atom. The predicted molar refractivity (Wildman–Crippen MR) is 234 cm³/mol. The van der Waals surface area contributed by atoms with E-state index in [1.54, 1.807) is 12.1 Å². The molecule has 1 fully saturated rings. The van der Waals surface area contributed by atoms with Crippen LogP contribution in [0.25, 0.3) is 22.0 Å². The SMILES string of the molecule is C[C@@H](Cc1cccc(CCNCCCN(C)C(=O)CCN2CCC(OC(=O)Nc3ccccc3-c3ccccc3)CC2)c1)NC[C@H](O)c1ccc(O)c2[nH]c(=O)ccc12. The molecular formula is C47H58N6O6. The summed E-state index contributed by atoms with van der Waals surface area (Å²) in [5.74, 6) is 0.112. The lowest BCUT2D eigenvalue weighted by Gasteiger charge is -2.31. The fourth-order valence-electron chi connectivity index (χ4n) is 7.68. The summed E-state index contributed by atoms with van der Waals surface area (Å²) in [6.45, 7) is 7.05. The highest BCUT2D eigenvalue weighted by Gasteiger charge is 2.24. The van der Waals surface area contributed by atoms with Crippen LogP contribution in [0.5, 0.6) is 5.75 Å². The van der Waals surface area contributed by atoms with Crippen molar-refractivity contribution in [2.45, 2.75) is 63.7 Å². The van der Waals surface area contributed by atoms with E-state index < -0.39 is 12.2 Å². The lowest BCUT2D eigenvalue weighted by molar-refractivity contribution is -0.130. The average Bonchev–Trinajstić information content (AvgIpc) is 3.24. The zero-order valence-electron chi connectivity index (χ0n) is 34.2. The van der Waals surface area contributed by atoms with Gasteiger partial charge in [-0.25, -0.2) is 4.79 Å². The number of nitrogens with zero attached hydrogens (tertiary/aromatic N) is 2. The maximum absolute atomic E-state index is 12.9. The van der Waals surface area contributed by atoms with E-state index in [1.165, 1.54) is 23.3 Å². The number of carbonyl (C=O) groups is 2. The van der Waals surface area contributed by atoms with Crippen LogP contribution in [0.4, 0.5) is 10.5 Å². The number of carbonyl (C=O) groups excluding carboxylic acids is 2. The molecule has 1 aliphatic heterocycles. The van der Waals surface area contributed by atoms with Gasteiger partial charge in [0.1, 0.15) is 11.9 Å². The number of pyridine rings is 1. The van der Waals surface area contributed by atoms with E-state index in [-0.39, 0.29) is 29.4 Å². The van der Waals surface area contributed by atoms with Crippen LogP contribution in [0.3, 0.4) is 0 Å². The molecule has 2 amide bonds. The summed E-state index contributed by atoms with van der Waals surface area (Å²) in [4.78, 5) is 44.1. The lowest BCUT2D eigenvalue weighted by atomic mass is 10.0. The van der Waals surface area contributed by atoms with Gasteiger partial charge in [0.25, 0.3) is 0 Å². The Morgan fingerprint density at radius 3 is 2.51 bits per heavy atom. The highest BCUT2D eigenvalue weighted by atomic mass is 16.6. The molecule has 4 aromatic carbocycles. The summed E-state index contributed by atoms with van der Waals surface area (Å²) >= 11 is 0. The van der Waals surface area contributed by atoms with E-state index in [0.717, 1.165) is 75.1 Å². The molecule has 0 radical (unpaired) electrons. The highest BCUT2D eigenvalue weighted by molar-refractivity contribution is 5.91. The van der Waals surface area contributed by atoms with E-state index in [0.29, 0.717) is 42.5 Å². The lowest BCUT2D eigenvalue weighted by Crippen LogP contribution is -2.40. The van der Waals surface area contributed by atoms with E-state index in [1.807, 2.05) is 66.5 Å². The normalized spacial score (nSPS) is 14.5. The number of benzene rings is 4. The molecule has 1 saturated heterocycles. The zero-order valence-corrected chi connectivity index (χ0v) is 34.2. The molecule has 2 atom stereocenters. The second-order valence-electron chi connectivity index (χ2n) is 15.5. The third kappa shape index (κ3) is 12.7. The number of ether oxygens (including phenoxy) is 1. The number of anilines is 1. The Morgan fingerprint density at radius 1 is 0.932 bits per heavy atom. The molecule has 12 heteroatoms. The maximum Gasteiger partial charge on any atom is 0.411 e. The minimum atomic E-state index is -0.810. The number of aromatic amines is 1. The summed E-state index contributed by atoms with van der Waals surface area (Å²) in [5.41, 5.74) is 5.82. The summed E-state index contributed by atoms with van der Waals surface area (Å²) in [6, 6.07) is 32.5. The number of hydrogen-bond acceptors (Lipinski definition) is 9. The van der Waals surface area contributed by atoms with Gasteiger partial charge in [-0.3, -0.25) is 14.9 Å². The van der Waals surface area contributed by atoms with Crippen LogP contribution in [0.1, 0.15) is 55.4 Å². The molecule has 6 rings (SSSR count). The smallest absolute Gasteiger partial charge is 0.411 e. The van der Waals surface area contributed by atoms with Gasteiger partial charge in [0, 0.05) is 69.3 Å². The molecule has 0 bridgehead atoms. The molecule has 1 aliphatic rings. The summed E-state index contributed by atoms with van der Waals surface area (Å²) in [7, 11) is 1.87. The van der Waals surface area contributed by atoms with Gasteiger partial charge in [0.2, 0.25) is 11.5 Å². The van der Waals surface area contributed by atoms with Gasteiger partial charge in [-0.15, -0.1) is 0 Å². The number of H-pyrrole nitrogens is 1. The molecule has 59 heavy (non-hydrogen) atoms. The van der Waals surface area contributed by atoms with Crippen molar-refractivity contribution in [3.8, 4) is 16.9 Å². The highest BCUT2D eigenvalue weighted by Crippen LogP contribution is 2.29. The summed E-state index contributed by atoms with van der Waals surface area (Å²) in [6.07, 6.45) is 3.11. The number of piperidine rings is 1. The quantitative estimate of drug-likeness (QED) is 0.0532. The van der Waals surface area contributed by atoms with Crippen molar-refractivity contribution in [2.75, 3.05) is 58.2 Å². The van der Waals surface area contributed by atoms with Crippen molar-refractivity contribution in [3.05, 3.63) is 130 Å². The van der Waals surface area contributed by atoms with Crippen LogP contribution in [0.2, 0.25) is 0 Å². The van der Waals surface area contributed by atoms with E-state index in [4.69, 9.17) is 4.74 Å². The van der Waals surface area contributed by atoms with Gasteiger partial charge in [-0.1, -0.05) is 78.9 Å². The molecule has 12 nitrogen and oxygen atoms in total. The molecule has 1 aromatic heterocycles. The summed E-state index contributed by atoms with van der Waals surface area (Å²) < 4.78 is 5.78. The number of phenols is 1. The minimum Gasteiger partial charge on any atom is -0.506 e. The van der Waals surface area contributed by atoms with Crippen LogP contribution < -0.4 is 21.5 Å². The number of aliphatic hydroxyl groups excluding tert-OH is 1. The standard InChI is InChI=1S/C47H58N6O6/c1-33(49-32-43(55)39-16-18-42(54)46-40(39)17-19-44(56)51-46)30-35-11-8-10-34(31-35)20-25-48-24-9-26-52(2)45(57)23-29-53-27-21-37(22-28-53)59-47(58)50-41-15-7-6-14-38(41)36-12-4-3-5-13-36/h3-8,10-19,31,33,37,43,48-49,54-55H,9,20-30,32H2,1-2H3,(H,50,58)(H,51,56)/t33-,43-/m0/s1. The third-order valence-electron chi connectivity index (χ3n) is 11.0. The zero-order chi connectivity index (χ0) is 41.6. The number of aromatic nitrogens is 1. The van der Waals surface area contributed by atoms with Crippen LogP contribution >= 0.6 is 0 Å². The Balaban J connectivity index is 0.814. The van der Waals surface area contributed by atoms with Crippen LogP contribution in [0.15, 0.2) is 108 Å². The van der Waals surface area contributed by atoms with Crippen molar-refractivity contribution in [1.82, 2.24) is 25.4 Å². The first kappa shape index (κ1) is 43.1. The fraction of sp³-hybridized carbons (Fsp3) is 0.383. The number of rotatable bonds is 19. The number of likely N-dealkylation sites (tertiary alicyclic amines) is 1. The molecular weight excluding hydrogens is 745 g/mol. The van der Waals surface area contributed by atoms with Crippen molar-refractivity contribution >= 4 is 28.6 Å². The number of fused-ring (bicyclic) bond motifs is 1. The maximum atomic E-state index is 12.9. The van der Waals surface area contributed by atoms with Gasteiger partial charge in [0.05, 0.1) is 17.3 Å². The predicted octanol–water partition coefficient (Wildman–Crippen LogP) is 6.24. The number of aliphatic hydroxyl groups is 1. The first-order valence-electron chi connectivity index (χ1n) is 20.8. The largest absolute Gasteiger partial charge is 0.506 e. The molecule has 2 heterocycles. The molecule has 6 N–H and O–H groups in total. The van der Waals surface area contributed by atoms with Gasteiger partial charge in [-0.2, -0.15) is 0 Å². The number of nitrogens with one attached hydrogen (secondary N) is 4. The number of para-hydroxylation sites is 1. The van der Waals surface area contributed by atoms with Gasteiger partial charge in [0.15, 0.2) is 0 Å². The van der Waals surface area contributed by atoms with Gasteiger partial charge in [-0.05, 0) is 92.6 Å².